The van der Waals surface area contributed by atoms with E-state index in [4.69, 9.17) is 23.3 Å². The number of halogens is 1. The summed E-state index contributed by atoms with van der Waals surface area (Å²) in [4.78, 5) is 14.8. The van der Waals surface area contributed by atoms with Gasteiger partial charge in [-0.2, -0.15) is 5.10 Å². The van der Waals surface area contributed by atoms with Crippen molar-refractivity contribution in [1.82, 2.24) is 0 Å². The minimum Gasteiger partial charge on any atom is -0.478 e. The van der Waals surface area contributed by atoms with Gasteiger partial charge in [0.2, 0.25) is 5.69 Å². The second kappa shape index (κ2) is 6.89. The Morgan fingerprint density at radius 3 is 2.69 bits per heavy atom. The number of carboxylic acids is 1. The molecule has 0 saturated heterocycles. The normalized spacial score (nSPS) is 22.9. The highest BCUT2D eigenvalue weighted by molar-refractivity contribution is 6.33. The van der Waals surface area contributed by atoms with E-state index in [9.17, 15) is 9.90 Å². The maximum absolute atomic E-state index is 11.4. The van der Waals surface area contributed by atoms with E-state index in [2.05, 4.69) is 9.85 Å². The van der Waals surface area contributed by atoms with Crippen LogP contribution in [0.3, 0.4) is 0 Å². The summed E-state index contributed by atoms with van der Waals surface area (Å²) >= 11 is 6.32. The average Bonchev–Trinajstić information content (AvgIpc) is 3.05. The van der Waals surface area contributed by atoms with Crippen LogP contribution in [0.1, 0.15) is 47.2 Å². The third-order valence-corrected chi connectivity index (χ3v) is 6.87. The van der Waals surface area contributed by atoms with Gasteiger partial charge in [-0.1, -0.05) is 30.2 Å². The Hall–Kier alpha value is -2.84. The molecular weight excluding hydrogens is 386 g/mol. The van der Waals surface area contributed by atoms with Crippen LogP contribution in [0.5, 0.6) is 0 Å². The zero-order valence-electron chi connectivity index (χ0n) is 15.8. The summed E-state index contributed by atoms with van der Waals surface area (Å²) in [6, 6.07) is 11.2. The number of hydrogen-bond donors (Lipinski definition) is 1. The molecule has 5 nitrogen and oxygen atoms in total. The van der Waals surface area contributed by atoms with Gasteiger partial charge in [-0.25, -0.2) is 9.64 Å². The number of benzene rings is 2. The predicted molar refractivity (Wildman–Crippen MR) is 113 cm³/mol. The van der Waals surface area contributed by atoms with Gasteiger partial charge in [-0.15, -0.1) is 0 Å². The lowest BCUT2D eigenvalue weighted by atomic mass is 9.69. The first-order chi connectivity index (χ1) is 14.1. The molecule has 0 radical (unpaired) electrons. The maximum atomic E-state index is 11.4. The number of aryl methyl sites for hydroxylation is 1. The van der Waals surface area contributed by atoms with Gasteiger partial charge in [0.1, 0.15) is 0 Å². The number of carboxylic acid groups (broad SMARTS) is 1. The Morgan fingerprint density at radius 1 is 1.21 bits per heavy atom. The van der Waals surface area contributed by atoms with Crippen LogP contribution in [0.25, 0.3) is 4.85 Å². The van der Waals surface area contributed by atoms with Crippen molar-refractivity contribution in [2.24, 2.45) is 16.9 Å². The molecule has 6 heteroatoms. The van der Waals surface area contributed by atoms with E-state index >= 15 is 0 Å². The standard InChI is InChI=1S/C23H20ClN3O2/c1-25-20-10-7-16(12-19(20)24)27-22(13-3-2-4-13)18-9-5-14-11-15(23(28)29)6-8-17(14)21(18)26-27/h6-8,10-13,18,22H,2-5,9H2,(H,28,29). The van der Waals surface area contributed by atoms with Crippen molar-refractivity contribution in [3.8, 4) is 0 Å². The molecular formula is C23H20ClN3O2. The second-order valence-corrected chi connectivity index (χ2v) is 8.49. The molecule has 2 atom stereocenters. The fraction of sp³-hybridized carbons (Fsp3) is 0.348. The topological polar surface area (TPSA) is 57.3 Å². The summed E-state index contributed by atoms with van der Waals surface area (Å²) in [5.41, 5.74) is 4.90. The van der Waals surface area contributed by atoms with E-state index in [1.165, 1.54) is 19.3 Å². The van der Waals surface area contributed by atoms with Crippen molar-refractivity contribution < 1.29 is 9.90 Å². The number of hydrogen-bond acceptors (Lipinski definition) is 3. The molecule has 0 bridgehead atoms. The predicted octanol–water partition coefficient (Wildman–Crippen LogP) is 5.54. The lowest BCUT2D eigenvalue weighted by molar-refractivity contribution is 0.0696. The summed E-state index contributed by atoms with van der Waals surface area (Å²) in [5, 5.41) is 16.9. The van der Waals surface area contributed by atoms with Crippen LogP contribution in [0.4, 0.5) is 11.4 Å². The minimum atomic E-state index is -0.896. The summed E-state index contributed by atoms with van der Waals surface area (Å²) < 4.78 is 0. The third-order valence-electron chi connectivity index (χ3n) is 6.56. The fourth-order valence-electron chi connectivity index (χ4n) is 4.91. The fourth-order valence-corrected chi connectivity index (χ4v) is 5.13. The molecule has 2 aromatic carbocycles. The van der Waals surface area contributed by atoms with E-state index in [1.807, 2.05) is 18.2 Å². The lowest BCUT2D eigenvalue weighted by Gasteiger charge is -2.40. The van der Waals surface area contributed by atoms with Gasteiger partial charge in [0.25, 0.3) is 0 Å². The highest BCUT2D eigenvalue weighted by Gasteiger charge is 2.46. The zero-order chi connectivity index (χ0) is 20.1. The first-order valence-electron chi connectivity index (χ1n) is 9.98. The summed E-state index contributed by atoms with van der Waals surface area (Å²) in [7, 11) is 0. The quantitative estimate of drug-likeness (QED) is 0.681. The Kier molecular flexibility index (Phi) is 4.33. The Bertz CT molecular complexity index is 1080. The Morgan fingerprint density at radius 2 is 2.03 bits per heavy atom. The van der Waals surface area contributed by atoms with Crippen molar-refractivity contribution in [1.29, 1.82) is 0 Å². The molecule has 0 spiro atoms. The first-order valence-corrected chi connectivity index (χ1v) is 10.4. The van der Waals surface area contributed by atoms with Crippen LogP contribution in [-0.4, -0.2) is 22.8 Å². The van der Waals surface area contributed by atoms with Gasteiger partial charge in [-0.3, -0.25) is 5.01 Å². The lowest BCUT2D eigenvalue weighted by Crippen LogP contribution is -2.44. The molecule has 0 amide bonds. The molecule has 1 heterocycles. The smallest absolute Gasteiger partial charge is 0.335 e. The van der Waals surface area contributed by atoms with Crippen LogP contribution in [0.15, 0.2) is 41.5 Å². The molecule has 2 aliphatic carbocycles. The number of carbonyl (C=O) groups is 1. The molecule has 1 saturated carbocycles. The highest BCUT2D eigenvalue weighted by atomic mass is 35.5. The molecule has 1 N–H and O–H groups in total. The average molecular weight is 406 g/mol. The molecule has 29 heavy (non-hydrogen) atoms. The van der Waals surface area contributed by atoms with E-state index in [0.717, 1.165) is 35.4 Å². The first kappa shape index (κ1) is 18.2. The summed E-state index contributed by atoms with van der Waals surface area (Å²) in [6.45, 7) is 7.23. The second-order valence-electron chi connectivity index (χ2n) is 8.08. The summed E-state index contributed by atoms with van der Waals surface area (Å²) in [5.74, 6) is 0.0370. The number of rotatable bonds is 3. The van der Waals surface area contributed by atoms with Crippen LogP contribution < -0.4 is 5.01 Å². The molecule has 1 fully saturated rings. The van der Waals surface area contributed by atoms with Gasteiger partial charge >= 0.3 is 5.97 Å². The SMILES string of the molecule is [C-]#[N+]c1ccc(N2N=C3c4ccc(C(=O)O)cc4CCC3C2C2CCC2)cc1Cl. The van der Waals surface area contributed by atoms with Gasteiger partial charge in [0.15, 0.2) is 0 Å². The largest absolute Gasteiger partial charge is 0.478 e. The maximum Gasteiger partial charge on any atom is 0.335 e. The monoisotopic (exact) mass is 405 g/mol. The number of anilines is 1. The van der Waals surface area contributed by atoms with Gasteiger partial charge in [-0.05, 0) is 61.4 Å². The third kappa shape index (κ3) is 2.90. The zero-order valence-corrected chi connectivity index (χ0v) is 16.6. The molecule has 3 aliphatic rings. The molecule has 0 aromatic heterocycles. The number of hydrazone groups is 1. The minimum absolute atomic E-state index is 0.293. The number of aromatic carboxylic acids is 1. The van der Waals surface area contributed by atoms with Crippen molar-refractivity contribution in [2.75, 3.05) is 5.01 Å². The van der Waals surface area contributed by atoms with Crippen LogP contribution in [0, 0.1) is 18.4 Å². The molecule has 146 valence electrons. The van der Waals surface area contributed by atoms with E-state index in [0.29, 0.717) is 34.2 Å². The van der Waals surface area contributed by atoms with Gasteiger partial charge in [0, 0.05) is 16.5 Å². The van der Waals surface area contributed by atoms with E-state index in [1.54, 1.807) is 18.2 Å². The van der Waals surface area contributed by atoms with Crippen LogP contribution >= 0.6 is 11.6 Å². The van der Waals surface area contributed by atoms with Crippen LogP contribution in [-0.2, 0) is 6.42 Å². The molecule has 1 aliphatic heterocycles. The molecule has 2 aromatic rings. The Labute approximate surface area is 174 Å². The molecule has 5 rings (SSSR count). The van der Waals surface area contributed by atoms with Gasteiger partial charge in [0.05, 0.1) is 29.6 Å². The van der Waals surface area contributed by atoms with Gasteiger partial charge < -0.3 is 5.11 Å². The van der Waals surface area contributed by atoms with Crippen molar-refractivity contribution >= 4 is 34.7 Å². The number of fused-ring (bicyclic) bond motifs is 3. The van der Waals surface area contributed by atoms with Crippen molar-refractivity contribution in [2.45, 2.75) is 38.1 Å². The van der Waals surface area contributed by atoms with E-state index in [-0.39, 0.29) is 0 Å². The number of nitrogens with zero attached hydrogens (tertiary/aromatic N) is 3. The van der Waals surface area contributed by atoms with Crippen molar-refractivity contribution in [3.05, 3.63) is 69.5 Å². The summed E-state index contributed by atoms with van der Waals surface area (Å²) in [6.07, 6.45) is 5.51. The van der Waals surface area contributed by atoms with Crippen LogP contribution in [0.2, 0.25) is 5.02 Å². The van der Waals surface area contributed by atoms with Crippen molar-refractivity contribution in [3.63, 3.8) is 0 Å². The highest BCUT2D eigenvalue weighted by Crippen LogP contribution is 2.46. The molecule has 2 unspecified atom stereocenters. The van der Waals surface area contributed by atoms with E-state index < -0.39 is 5.97 Å². The Balaban J connectivity index is 1.58.